The average Bonchev–Trinajstić information content (AvgIpc) is 2.28. The van der Waals surface area contributed by atoms with Crippen molar-refractivity contribution in [2.24, 2.45) is 0 Å². The minimum atomic E-state index is -0.550. The number of hydrogen-bond donors (Lipinski definition) is 0. The van der Waals surface area contributed by atoms with Gasteiger partial charge in [0.05, 0.1) is 6.20 Å². The van der Waals surface area contributed by atoms with Crippen LogP contribution in [0, 0.1) is 5.82 Å². The maximum atomic E-state index is 12.9. The van der Waals surface area contributed by atoms with E-state index in [1.165, 1.54) is 24.5 Å². The molecule has 0 aliphatic heterocycles. The molecule has 5 heteroatoms. The van der Waals surface area contributed by atoms with Gasteiger partial charge in [-0.2, -0.15) is 0 Å². The molecule has 0 atom stereocenters. The van der Waals surface area contributed by atoms with E-state index in [2.05, 4.69) is 9.97 Å². The molecule has 80 valence electrons. The number of halogens is 2. The van der Waals surface area contributed by atoms with Crippen molar-refractivity contribution in [3.05, 3.63) is 58.9 Å². The zero-order valence-electron chi connectivity index (χ0n) is 8.02. The van der Waals surface area contributed by atoms with Gasteiger partial charge >= 0.3 is 0 Å². The highest BCUT2D eigenvalue weighted by molar-refractivity contribution is 6.29. The Balaban J connectivity index is 2.39. The third kappa shape index (κ3) is 2.23. The molecule has 0 aliphatic carbocycles. The van der Waals surface area contributed by atoms with Crippen LogP contribution < -0.4 is 0 Å². The minimum absolute atomic E-state index is 0.183. The second-order valence-electron chi connectivity index (χ2n) is 3.09. The van der Waals surface area contributed by atoms with Crippen LogP contribution in [-0.4, -0.2) is 15.8 Å². The molecular formula is C11H6ClFN2O. The van der Waals surface area contributed by atoms with Crippen LogP contribution in [0.2, 0.25) is 5.15 Å². The number of carbonyl (C=O) groups excluding carboxylic acids is 1. The molecule has 0 aliphatic rings. The first-order chi connectivity index (χ1) is 7.66. The summed E-state index contributed by atoms with van der Waals surface area (Å²) in [5, 5.41) is 0.218. The first-order valence-electron chi connectivity index (χ1n) is 4.43. The number of rotatable bonds is 2. The molecule has 0 N–H and O–H groups in total. The second kappa shape index (κ2) is 4.37. The van der Waals surface area contributed by atoms with Crippen LogP contribution in [-0.2, 0) is 0 Å². The third-order valence-electron chi connectivity index (χ3n) is 1.96. The van der Waals surface area contributed by atoms with E-state index < -0.39 is 5.82 Å². The maximum absolute atomic E-state index is 12.9. The zero-order valence-corrected chi connectivity index (χ0v) is 8.78. The smallest absolute Gasteiger partial charge is 0.194 e. The van der Waals surface area contributed by atoms with Crippen LogP contribution >= 0.6 is 11.6 Å². The van der Waals surface area contributed by atoms with Gasteiger partial charge in [-0.25, -0.2) is 9.37 Å². The summed E-state index contributed by atoms with van der Waals surface area (Å²) in [5.74, 6) is -0.887. The van der Waals surface area contributed by atoms with Crippen LogP contribution in [0.4, 0.5) is 4.39 Å². The number of aromatic nitrogens is 2. The van der Waals surface area contributed by atoms with Crippen molar-refractivity contribution in [3.8, 4) is 0 Å². The maximum Gasteiger partial charge on any atom is 0.194 e. The van der Waals surface area contributed by atoms with E-state index in [0.717, 1.165) is 12.3 Å². The Bertz CT molecular complexity index is 498. The lowest BCUT2D eigenvalue weighted by molar-refractivity contribution is 0.103. The van der Waals surface area contributed by atoms with Gasteiger partial charge < -0.3 is 0 Å². The van der Waals surface area contributed by atoms with Gasteiger partial charge in [0.1, 0.15) is 11.0 Å². The zero-order chi connectivity index (χ0) is 11.5. The van der Waals surface area contributed by atoms with Gasteiger partial charge in [-0.3, -0.25) is 9.78 Å². The largest absolute Gasteiger partial charge is 0.289 e. The quantitative estimate of drug-likeness (QED) is 0.594. The van der Waals surface area contributed by atoms with Gasteiger partial charge in [-0.1, -0.05) is 11.6 Å². The van der Waals surface area contributed by atoms with Crippen molar-refractivity contribution in [2.45, 2.75) is 0 Å². The van der Waals surface area contributed by atoms with Crippen molar-refractivity contribution >= 4 is 17.4 Å². The molecule has 0 amide bonds. The number of ketones is 1. The van der Waals surface area contributed by atoms with E-state index in [1.807, 2.05) is 0 Å². The van der Waals surface area contributed by atoms with E-state index in [4.69, 9.17) is 11.6 Å². The van der Waals surface area contributed by atoms with Crippen molar-refractivity contribution in [1.29, 1.82) is 0 Å². The molecule has 0 bridgehead atoms. The van der Waals surface area contributed by atoms with Crippen LogP contribution in [0.5, 0.6) is 0 Å². The Morgan fingerprint density at radius 1 is 1.25 bits per heavy atom. The highest BCUT2D eigenvalue weighted by atomic mass is 35.5. The molecule has 0 radical (unpaired) electrons. The summed E-state index contributed by atoms with van der Waals surface area (Å²) in [6, 6.07) is 4.07. The molecule has 0 spiro atoms. The molecule has 2 rings (SSSR count). The Hall–Kier alpha value is -1.81. The monoisotopic (exact) mass is 236 g/mol. The molecule has 16 heavy (non-hydrogen) atoms. The molecule has 2 heterocycles. The summed E-state index contributed by atoms with van der Waals surface area (Å²) >= 11 is 5.65. The summed E-state index contributed by atoms with van der Waals surface area (Å²) < 4.78 is 12.9. The van der Waals surface area contributed by atoms with E-state index in [1.54, 1.807) is 0 Å². The molecule has 0 unspecified atom stereocenters. The van der Waals surface area contributed by atoms with E-state index >= 15 is 0 Å². The lowest BCUT2D eigenvalue weighted by atomic mass is 10.1. The van der Waals surface area contributed by atoms with E-state index in [-0.39, 0.29) is 16.5 Å². The molecule has 0 fully saturated rings. The molecule has 2 aromatic rings. The van der Waals surface area contributed by atoms with Gasteiger partial charge in [0, 0.05) is 23.5 Å². The standard InChI is InChI=1S/C11H6ClFN2O/c12-10-4-7(1-2-15-10)11(16)8-3-9(13)6-14-5-8/h1-6H. The second-order valence-corrected chi connectivity index (χ2v) is 3.48. The highest BCUT2D eigenvalue weighted by Crippen LogP contribution is 2.12. The Kier molecular flexibility index (Phi) is 2.92. The summed E-state index contributed by atoms with van der Waals surface area (Å²) in [6.45, 7) is 0. The van der Waals surface area contributed by atoms with Crippen molar-refractivity contribution in [2.75, 3.05) is 0 Å². The van der Waals surface area contributed by atoms with Gasteiger partial charge in [0.15, 0.2) is 5.78 Å². The van der Waals surface area contributed by atoms with Gasteiger partial charge in [-0.05, 0) is 18.2 Å². The first-order valence-corrected chi connectivity index (χ1v) is 4.81. The van der Waals surface area contributed by atoms with Crippen molar-refractivity contribution in [1.82, 2.24) is 9.97 Å². The Morgan fingerprint density at radius 3 is 2.75 bits per heavy atom. The normalized spacial score (nSPS) is 10.1. The van der Waals surface area contributed by atoms with E-state index in [9.17, 15) is 9.18 Å². The minimum Gasteiger partial charge on any atom is -0.289 e. The Labute approximate surface area is 95.9 Å². The van der Waals surface area contributed by atoms with Crippen molar-refractivity contribution in [3.63, 3.8) is 0 Å². The molecule has 0 saturated heterocycles. The van der Waals surface area contributed by atoms with Crippen molar-refractivity contribution < 1.29 is 9.18 Å². The molecule has 3 nitrogen and oxygen atoms in total. The number of carbonyl (C=O) groups is 1. The van der Waals surface area contributed by atoms with Gasteiger partial charge in [0.2, 0.25) is 0 Å². The summed E-state index contributed by atoms with van der Waals surface area (Å²) in [6.07, 6.45) is 3.76. The fourth-order valence-electron chi connectivity index (χ4n) is 1.25. The van der Waals surface area contributed by atoms with Crippen LogP contribution in [0.15, 0.2) is 36.8 Å². The van der Waals surface area contributed by atoms with Gasteiger partial charge in [-0.15, -0.1) is 0 Å². The predicted octanol–water partition coefficient (Wildman–Crippen LogP) is 2.50. The molecule has 0 saturated carbocycles. The SMILES string of the molecule is O=C(c1cncc(F)c1)c1ccnc(Cl)c1. The predicted molar refractivity (Wildman–Crippen MR) is 56.9 cm³/mol. The first kappa shape index (κ1) is 10.7. The average molecular weight is 237 g/mol. The molecule has 2 aromatic heterocycles. The lowest BCUT2D eigenvalue weighted by Crippen LogP contribution is -2.02. The number of nitrogens with zero attached hydrogens (tertiary/aromatic N) is 2. The fraction of sp³-hybridized carbons (Fsp3) is 0. The lowest BCUT2D eigenvalue weighted by Gasteiger charge is -2.00. The summed E-state index contributed by atoms with van der Waals surface area (Å²) in [5.41, 5.74) is 0.537. The molecule has 0 aromatic carbocycles. The Morgan fingerprint density at radius 2 is 2.06 bits per heavy atom. The van der Waals surface area contributed by atoms with Crippen LogP contribution in [0.1, 0.15) is 15.9 Å². The van der Waals surface area contributed by atoms with E-state index in [0.29, 0.717) is 5.56 Å². The topological polar surface area (TPSA) is 42.9 Å². The van der Waals surface area contributed by atoms with Crippen LogP contribution in [0.25, 0.3) is 0 Å². The van der Waals surface area contributed by atoms with Crippen LogP contribution in [0.3, 0.4) is 0 Å². The fourth-order valence-corrected chi connectivity index (χ4v) is 1.42. The number of pyridine rings is 2. The summed E-state index contributed by atoms with van der Waals surface area (Å²) in [4.78, 5) is 19.2. The van der Waals surface area contributed by atoms with Gasteiger partial charge in [0.25, 0.3) is 0 Å². The molecular weight excluding hydrogens is 231 g/mol. The highest BCUT2D eigenvalue weighted by Gasteiger charge is 2.10. The summed E-state index contributed by atoms with van der Waals surface area (Å²) in [7, 11) is 0. The number of hydrogen-bond acceptors (Lipinski definition) is 3. The third-order valence-corrected chi connectivity index (χ3v) is 2.16.